The summed E-state index contributed by atoms with van der Waals surface area (Å²) < 4.78 is 0. The zero-order valence-electron chi connectivity index (χ0n) is 10.7. The van der Waals surface area contributed by atoms with Crippen molar-refractivity contribution in [2.24, 2.45) is 11.8 Å². The van der Waals surface area contributed by atoms with Gasteiger partial charge in [0.05, 0.1) is 12.5 Å². The number of nitrogens with one attached hydrogen (secondary N) is 2. The lowest BCUT2D eigenvalue weighted by Gasteiger charge is -2.28. The molecule has 0 bridgehead atoms. The molecule has 0 aromatic rings. The van der Waals surface area contributed by atoms with E-state index in [0.29, 0.717) is 13.1 Å². The molecule has 1 amide bonds. The highest BCUT2D eigenvalue weighted by molar-refractivity contribution is 5.78. The Bertz CT molecular complexity index is 305. The van der Waals surface area contributed by atoms with Gasteiger partial charge in [0.2, 0.25) is 5.91 Å². The molecule has 2 atom stereocenters. The van der Waals surface area contributed by atoms with Crippen molar-refractivity contribution in [1.29, 1.82) is 0 Å². The van der Waals surface area contributed by atoms with Gasteiger partial charge in [-0.3, -0.25) is 9.59 Å². The van der Waals surface area contributed by atoms with Crippen molar-refractivity contribution in [3.8, 4) is 0 Å². The number of aliphatic carboxylic acids is 1. The first-order chi connectivity index (χ1) is 8.65. The van der Waals surface area contributed by atoms with Crippen molar-refractivity contribution in [2.45, 2.75) is 25.7 Å². The molecule has 1 rings (SSSR count). The molecule has 1 fully saturated rings. The van der Waals surface area contributed by atoms with Crippen molar-refractivity contribution >= 4 is 11.9 Å². The molecule has 5 heteroatoms. The van der Waals surface area contributed by atoms with Crippen molar-refractivity contribution in [3.05, 3.63) is 12.7 Å². The monoisotopic (exact) mass is 254 g/mol. The van der Waals surface area contributed by atoms with E-state index >= 15 is 0 Å². The summed E-state index contributed by atoms with van der Waals surface area (Å²) in [6.45, 7) is 4.85. The van der Waals surface area contributed by atoms with Crippen LogP contribution in [0.2, 0.25) is 0 Å². The zero-order valence-corrected chi connectivity index (χ0v) is 10.7. The number of carboxylic acid groups (broad SMARTS) is 1. The molecule has 1 aliphatic carbocycles. The highest BCUT2D eigenvalue weighted by atomic mass is 16.4. The second-order valence-electron chi connectivity index (χ2n) is 4.71. The number of hydrogen-bond donors (Lipinski definition) is 3. The van der Waals surface area contributed by atoms with Crippen molar-refractivity contribution in [2.75, 3.05) is 19.6 Å². The molecule has 0 heterocycles. The number of carbonyl (C=O) groups excluding carboxylic acids is 1. The third kappa shape index (κ3) is 4.87. The summed E-state index contributed by atoms with van der Waals surface area (Å²) in [5, 5.41) is 14.8. The van der Waals surface area contributed by atoms with Crippen LogP contribution in [0, 0.1) is 11.8 Å². The van der Waals surface area contributed by atoms with Crippen molar-refractivity contribution in [3.63, 3.8) is 0 Å². The first-order valence-electron chi connectivity index (χ1n) is 6.46. The Labute approximate surface area is 108 Å². The summed E-state index contributed by atoms with van der Waals surface area (Å²) in [5.74, 6) is -1.06. The molecule has 1 aliphatic rings. The lowest BCUT2D eigenvalue weighted by atomic mass is 9.79. The van der Waals surface area contributed by atoms with E-state index in [1.165, 1.54) is 0 Å². The number of carbonyl (C=O) groups is 2. The van der Waals surface area contributed by atoms with Gasteiger partial charge in [0.1, 0.15) is 0 Å². The molecule has 0 aromatic heterocycles. The van der Waals surface area contributed by atoms with Crippen LogP contribution in [0.1, 0.15) is 25.7 Å². The molecule has 0 aromatic carbocycles. The molecule has 102 valence electrons. The van der Waals surface area contributed by atoms with Crippen LogP contribution in [0.4, 0.5) is 0 Å². The molecule has 0 spiro atoms. The maximum absolute atomic E-state index is 11.5. The topological polar surface area (TPSA) is 78.4 Å². The van der Waals surface area contributed by atoms with Crippen LogP contribution in [-0.4, -0.2) is 36.6 Å². The van der Waals surface area contributed by atoms with E-state index in [0.717, 1.165) is 25.7 Å². The fourth-order valence-corrected chi connectivity index (χ4v) is 2.37. The van der Waals surface area contributed by atoms with Crippen LogP contribution in [0.15, 0.2) is 12.7 Å². The van der Waals surface area contributed by atoms with E-state index in [2.05, 4.69) is 17.2 Å². The summed E-state index contributed by atoms with van der Waals surface area (Å²) in [4.78, 5) is 22.6. The van der Waals surface area contributed by atoms with Gasteiger partial charge >= 0.3 is 5.97 Å². The minimum absolute atomic E-state index is 0.0691. The van der Waals surface area contributed by atoms with Crippen LogP contribution in [-0.2, 0) is 9.59 Å². The van der Waals surface area contributed by atoms with Crippen molar-refractivity contribution in [1.82, 2.24) is 10.6 Å². The summed E-state index contributed by atoms with van der Waals surface area (Å²) >= 11 is 0. The van der Waals surface area contributed by atoms with Gasteiger partial charge in [-0.05, 0) is 18.8 Å². The highest BCUT2D eigenvalue weighted by Gasteiger charge is 2.30. The van der Waals surface area contributed by atoms with Gasteiger partial charge in [-0.25, -0.2) is 0 Å². The average Bonchev–Trinajstić information content (AvgIpc) is 2.37. The van der Waals surface area contributed by atoms with Crippen LogP contribution < -0.4 is 10.6 Å². The van der Waals surface area contributed by atoms with Gasteiger partial charge in [0.25, 0.3) is 0 Å². The molecular weight excluding hydrogens is 232 g/mol. The number of carboxylic acids is 1. The molecular formula is C13H22N2O3. The van der Waals surface area contributed by atoms with Gasteiger partial charge < -0.3 is 15.7 Å². The predicted octanol–water partition coefficient (Wildman–Crippen LogP) is 0.769. The molecule has 0 aliphatic heterocycles. The predicted molar refractivity (Wildman–Crippen MR) is 69.2 cm³/mol. The first kappa shape index (κ1) is 14.7. The Hall–Kier alpha value is -1.36. The molecule has 2 unspecified atom stereocenters. The quantitative estimate of drug-likeness (QED) is 0.463. The maximum Gasteiger partial charge on any atom is 0.306 e. The Kier molecular flexibility index (Phi) is 6.43. The normalized spacial score (nSPS) is 23.3. The third-order valence-corrected chi connectivity index (χ3v) is 3.36. The Morgan fingerprint density at radius 2 is 2.06 bits per heavy atom. The second-order valence-corrected chi connectivity index (χ2v) is 4.71. The second kappa shape index (κ2) is 7.87. The molecule has 3 N–H and O–H groups in total. The van der Waals surface area contributed by atoms with E-state index in [9.17, 15) is 9.59 Å². The van der Waals surface area contributed by atoms with Gasteiger partial charge in [-0.15, -0.1) is 6.58 Å². The van der Waals surface area contributed by atoms with Crippen LogP contribution in [0.5, 0.6) is 0 Å². The largest absolute Gasteiger partial charge is 0.481 e. The van der Waals surface area contributed by atoms with Crippen LogP contribution in [0.3, 0.4) is 0 Å². The molecule has 1 saturated carbocycles. The third-order valence-electron chi connectivity index (χ3n) is 3.36. The van der Waals surface area contributed by atoms with Crippen LogP contribution in [0.25, 0.3) is 0 Å². The van der Waals surface area contributed by atoms with E-state index < -0.39 is 5.97 Å². The van der Waals surface area contributed by atoms with Gasteiger partial charge in [-0.2, -0.15) is 0 Å². The van der Waals surface area contributed by atoms with Gasteiger partial charge in [0, 0.05) is 13.1 Å². The fourth-order valence-electron chi connectivity index (χ4n) is 2.37. The summed E-state index contributed by atoms with van der Waals surface area (Å²) in [5.41, 5.74) is 0. The molecule has 0 radical (unpaired) electrons. The maximum atomic E-state index is 11.5. The minimum Gasteiger partial charge on any atom is -0.481 e. The first-order valence-corrected chi connectivity index (χ1v) is 6.46. The average molecular weight is 254 g/mol. The van der Waals surface area contributed by atoms with Gasteiger partial charge in [0.15, 0.2) is 0 Å². The van der Waals surface area contributed by atoms with Crippen LogP contribution >= 0.6 is 0 Å². The lowest BCUT2D eigenvalue weighted by Crippen LogP contribution is -2.40. The molecule has 0 saturated heterocycles. The van der Waals surface area contributed by atoms with Gasteiger partial charge in [-0.1, -0.05) is 18.9 Å². The standard InChI is InChI=1S/C13H22N2O3/c1-2-7-14-9-12(16)15-8-10-5-3-4-6-11(10)13(17)18/h2,10-11,14H,1,3-9H2,(H,15,16)(H,17,18). The Morgan fingerprint density at radius 3 is 2.72 bits per heavy atom. The highest BCUT2D eigenvalue weighted by Crippen LogP contribution is 2.29. The molecule has 5 nitrogen and oxygen atoms in total. The summed E-state index contributed by atoms with van der Waals surface area (Å²) in [6, 6.07) is 0. The number of amides is 1. The smallest absolute Gasteiger partial charge is 0.306 e. The lowest BCUT2D eigenvalue weighted by molar-refractivity contribution is -0.145. The van der Waals surface area contributed by atoms with E-state index in [4.69, 9.17) is 5.11 Å². The fraction of sp³-hybridized carbons (Fsp3) is 0.692. The summed E-state index contributed by atoms with van der Waals surface area (Å²) in [6.07, 6.45) is 5.33. The minimum atomic E-state index is -0.737. The van der Waals surface area contributed by atoms with Crippen molar-refractivity contribution < 1.29 is 14.7 Å². The summed E-state index contributed by atoms with van der Waals surface area (Å²) in [7, 11) is 0. The van der Waals surface area contributed by atoms with E-state index in [1.807, 2.05) is 0 Å². The number of hydrogen-bond acceptors (Lipinski definition) is 3. The number of rotatable bonds is 7. The van der Waals surface area contributed by atoms with E-state index in [1.54, 1.807) is 6.08 Å². The zero-order chi connectivity index (χ0) is 13.4. The SMILES string of the molecule is C=CCNCC(=O)NCC1CCCCC1C(=O)O. The Morgan fingerprint density at radius 1 is 1.33 bits per heavy atom. The van der Waals surface area contributed by atoms with E-state index in [-0.39, 0.29) is 24.3 Å². The molecule has 18 heavy (non-hydrogen) atoms. The Balaban J connectivity index is 2.29.